The molecule has 1 aromatic heterocycles. The molecule has 5 nitrogen and oxygen atoms in total. The van der Waals surface area contributed by atoms with E-state index in [9.17, 15) is 4.79 Å². The number of pyridine rings is 1. The van der Waals surface area contributed by atoms with Crippen LogP contribution in [0.3, 0.4) is 0 Å². The van der Waals surface area contributed by atoms with Gasteiger partial charge in [0.15, 0.2) is 0 Å². The molecule has 1 aromatic rings. The molecule has 1 aliphatic rings. The summed E-state index contributed by atoms with van der Waals surface area (Å²) < 4.78 is 0. The zero-order chi connectivity index (χ0) is 14.4. The van der Waals surface area contributed by atoms with Gasteiger partial charge in [-0.25, -0.2) is 4.98 Å². The summed E-state index contributed by atoms with van der Waals surface area (Å²) in [5, 5.41) is 3.48. The van der Waals surface area contributed by atoms with Crippen molar-refractivity contribution in [1.82, 2.24) is 15.2 Å². The molecule has 0 aliphatic carbocycles. The molecule has 0 aromatic carbocycles. The molecule has 1 aliphatic heterocycles. The van der Waals surface area contributed by atoms with E-state index in [2.05, 4.69) is 21.3 Å². The molecule has 0 saturated carbocycles. The first kappa shape index (κ1) is 14.8. The average molecular weight is 276 g/mol. The Hall–Kier alpha value is -1.62. The van der Waals surface area contributed by atoms with Crippen molar-refractivity contribution >= 4 is 11.7 Å². The maximum absolute atomic E-state index is 11.5. The molecule has 1 saturated heterocycles. The van der Waals surface area contributed by atoms with Gasteiger partial charge >= 0.3 is 0 Å². The Labute approximate surface area is 121 Å². The number of carbonyl (C=O) groups excluding carboxylic acids is 1. The Morgan fingerprint density at radius 2 is 2.15 bits per heavy atom. The van der Waals surface area contributed by atoms with Crippen LogP contribution in [0.1, 0.15) is 19.3 Å². The fraction of sp³-hybridized carbons (Fsp3) is 0.600. The second-order valence-electron chi connectivity index (χ2n) is 5.44. The third-order valence-corrected chi connectivity index (χ3v) is 3.74. The van der Waals surface area contributed by atoms with Crippen molar-refractivity contribution in [3.8, 4) is 0 Å². The first-order chi connectivity index (χ1) is 9.66. The minimum absolute atomic E-state index is 0.184. The fourth-order valence-electron chi connectivity index (χ4n) is 2.46. The molecule has 0 spiro atoms. The average Bonchev–Trinajstić information content (AvgIpc) is 2.48. The summed E-state index contributed by atoms with van der Waals surface area (Å²) >= 11 is 0. The van der Waals surface area contributed by atoms with Gasteiger partial charge in [-0.2, -0.15) is 0 Å². The van der Waals surface area contributed by atoms with Crippen molar-refractivity contribution < 1.29 is 4.79 Å². The second-order valence-corrected chi connectivity index (χ2v) is 5.44. The maximum atomic E-state index is 11.5. The summed E-state index contributed by atoms with van der Waals surface area (Å²) in [5.74, 6) is 1.25. The number of amides is 1. The van der Waals surface area contributed by atoms with Gasteiger partial charge < -0.3 is 15.1 Å². The number of hydrogen-bond acceptors (Lipinski definition) is 4. The van der Waals surface area contributed by atoms with Crippen LogP contribution in [0.2, 0.25) is 0 Å². The van der Waals surface area contributed by atoms with Gasteiger partial charge in [0.05, 0.1) is 0 Å². The fourth-order valence-corrected chi connectivity index (χ4v) is 2.46. The lowest BCUT2D eigenvalue weighted by atomic mass is 10.0. The number of hydrogen-bond donors (Lipinski definition) is 1. The minimum atomic E-state index is 0.184. The SMILES string of the molecule is CN(C)C(=O)CCNC1CCN(c2ccccn2)CC1. The molecule has 1 N–H and O–H groups in total. The van der Waals surface area contributed by atoms with Crippen molar-refractivity contribution in [2.75, 3.05) is 38.6 Å². The van der Waals surface area contributed by atoms with Crippen molar-refractivity contribution in [3.63, 3.8) is 0 Å². The van der Waals surface area contributed by atoms with Crippen LogP contribution < -0.4 is 10.2 Å². The van der Waals surface area contributed by atoms with E-state index in [1.165, 1.54) is 0 Å². The Kier molecular flexibility index (Phi) is 5.35. The van der Waals surface area contributed by atoms with Gasteiger partial charge in [-0.15, -0.1) is 0 Å². The second kappa shape index (κ2) is 7.24. The largest absolute Gasteiger partial charge is 0.357 e. The Morgan fingerprint density at radius 1 is 1.40 bits per heavy atom. The van der Waals surface area contributed by atoms with Crippen LogP contribution in [0, 0.1) is 0 Å². The van der Waals surface area contributed by atoms with Crippen LogP contribution in [-0.4, -0.2) is 55.6 Å². The van der Waals surface area contributed by atoms with E-state index in [4.69, 9.17) is 0 Å². The molecule has 1 amide bonds. The van der Waals surface area contributed by atoms with E-state index in [-0.39, 0.29) is 5.91 Å². The van der Waals surface area contributed by atoms with E-state index < -0.39 is 0 Å². The number of anilines is 1. The van der Waals surface area contributed by atoms with Crippen molar-refractivity contribution in [2.24, 2.45) is 0 Å². The predicted octanol–water partition coefficient (Wildman–Crippen LogP) is 1.12. The molecule has 0 bridgehead atoms. The normalized spacial score (nSPS) is 16.2. The number of nitrogens with one attached hydrogen (secondary N) is 1. The van der Waals surface area contributed by atoms with Gasteiger partial charge in [-0.05, 0) is 25.0 Å². The van der Waals surface area contributed by atoms with Crippen molar-refractivity contribution in [2.45, 2.75) is 25.3 Å². The Bertz CT molecular complexity index is 413. The number of piperidine rings is 1. The van der Waals surface area contributed by atoms with Crippen molar-refractivity contribution in [1.29, 1.82) is 0 Å². The van der Waals surface area contributed by atoms with Crippen LogP contribution in [-0.2, 0) is 4.79 Å². The molecule has 0 unspecified atom stereocenters. The van der Waals surface area contributed by atoms with E-state index >= 15 is 0 Å². The lowest BCUT2D eigenvalue weighted by Crippen LogP contribution is -2.43. The standard InChI is InChI=1S/C15H24N4O/c1-18(2)15(20)6-10-16-13-7-11-19(12-8-13)14-5-3-4-9-17-14/h3-5,9,13,16H,6-8,10-12H2,1-2H3. The van der Waals surface area contributed by atoms with Gasteiger partial charge in [0.2, 0.25) is 5.91 Å². The lowest BCUT2D eigenvalue weighted by Gasteiger charge is -2.33. The van der Waals surface area contributed by atoms with Crippen LogP contribution in [0.4, 0.5) is 5.82 Å². The maximum Gasteiger partial charge on any atom is 0.223 e. The third-order valence-electron chi connectivity index (χ3n) is 3.74. The first-order valence-electron chi connectivity index (χ1n) is 7.26. The molecule has 5 heteroatoms. The predicted molar refractivity (Wildman–Crippen MR) is 80.8 cm³/mol. The zero-order valence-corrected chi connectivity index (χ0v) is 12.4. The summed E-state index contributed by atoms with van der Waals surface area (Å²) in [7, 11) is 3.60. The summed E-state index contributed by atoms with van der Waals surface area (Å²) in [4.78, 5) is 19.8. The number of rotatable bonds is 5. The monoisotopic (exact) mass is 276 g/mol. The minimum Gasteiger partial charge on any atom is -0.357 e. The molecule has 0 radical (unpaired) electrons. The molecular weight excluding hydrogens is 252 g/mol. The summed E-state index contributed by atoms with van der Waals surface area (Å²) in [5.41, 5.74) is 0. The molecule has 0 atom stereocenters. The lowest BCUT2D eigenvalue weighted by molar-refractivity contribution is -0.128. The number of nitrogens with zero attached hydrogens (tertiary/aromatic N) is 3. The molecule has 110 valence electrons. The zero-order valence-electron chi connectivity index (χ0n) is 12.4. The van der Waals surface area contributed by atoms with E-state index in [0.717, 1.165) is 38.3 Å². The van der Waals surface area contributed by atoms with Crippen LogP contribution in [0.25, 0.3) is 0 Å². The molecule has 1 fully saturated rings. The quantitative estimate of drug-likeness (QED) is 0.875. The Morgan fingerprint density at radius 3 is 2.75 bits per heavy atom. The van der Waals surface area contributed by atoms with Crippen molar-refractivity contribution in [3.05, 3.63) is 24.4 Å². The summed E-state index contributed by atoms with van der Waals surface area (Å²) in [6.07, 6.45) is 4.62. The summed E-state index contributed by atoms with van der Waals surface area (Å²) in [6, 6.07) is 6.55. The molecule has 2 rings (SSSR count). The Balaban J connectivity index is 1.68. The highest BCUT2D eigenvalue weighted by Crippen LogP contribution is 2.17. The van der Waals surface area contributed by atoms with Crippen LogP contribution >= 0.6 is 0 Å². The number of carbonyl (C=O) groups is 1. The molecule has 20 heavy (non-hydrogen) atoms. The van der Waals surface area contributed by atoms with Gasteiger partial charge in [-0.3, -0.25) is 4.79 Å². The van der Waals surface area contributed by atoms with Gasteiger partial charge in [0, 0.05) is 52.4 Å². The highest BCUT2D eigenvalue weighted by molar-refractivity contribution is 5.75. The number of aromatic nitrogens is 1. The van der Waals surface area contributed by atoms with E-state index in [0.29, 0.717) is 12.5 Å². The third kappa shape index (κ3) is 4.20. The van der Waals surface area contributed by atoms with Crippen LogP contribution in [0.5, 0.6) is 0 Å². The molecule has 2 heterocycles. The smallest absolute Gasteiger partial charge is 0.223 e. The van der Waals surface area contributed by atoms with E-state index in [1.807, 2.05) is 18.3 Å². The first-order valence-corrected chi connectivity index (χ1v) is 7.26. The van der Waals surface area contributed by atoms with E-state index in [1.54, 1.807) is 19.0 Å². The van der Waals surface area contributed by atoms with Gasteiger partial charge in [0.25, 0.3) is 0 Å². The highest BCUT2D eigenvalue weighted by atomic mass is 16.2. The highest BCUT2D eigenvalue weighted by Gasteiger charge is 2.19. The van der Waals surface area contributed by atoms with Gasteiger partial charge in [0.1, 0.15) is 5.82 Å². The van der Waals surface area contributed by atoms with Crippen LogP contribution in [0.15, 0.2) is 24.4 Å². The van der Waals surface area contributed by atoms with Gasteiger partial charge in [-0.1, -0.05) is 6.07 Å². The summed E-state index contributed by atoms with van der Waals surface area (Å²) in [6.45, 7) is 2.82. The molecular formula is C15H24N4O. The topological polar surface area (TPSA) is 48.5 Å².